The summed E-state index contributed by atoms with van der Waals surface area (Å²) in [5, 5.41) is 10.6. The van der Waals surface area contributed by atoms with Gasteiger partial charge in [-0.25, -0.2) is 4.98 Å². The number of benzene rings is 2. The molecular weight excluding hydrogens is 410 g/mol. The maximum atomic E-state index is 12.8. The zero-order chi connectivity index (χ0) is 21.5. The van der Waals surface area contributed by atoms with Crippen molar-refractivity contribution in [3.63, 3.8) is 0 Å². The molecule has 1 unspecified atom stereocenters. The number of nitrogens with one attached hydrogen (secondary N) is 2. The molecule has 4 rings (SSSR count). The lowest BCUT2D eigenvalue weighted by molar-refractivity contribution is 0.0937. The van der Waals surface area contributed by atoms with Gasteiger partial charge in [0, 0.05) is 23.4 Å². The van der Waals surface area contributed by atoms with Gasteiger partial charge in [0.1, 0.15) is 12.1 Å². The Morgan fingerprint density at radius 2 is 1.97 bits per heavy atom. The van der Waals surface area contributed by atoms with E-state index in [9.17, 15) is 4.79 Å². The van der Waals surface area contributed by atoms with Crippen LogP contribution < -0.4 is 10.1 Å². The van der Waals surface area contributed by atoms with E-state index in [2.05, 4.69) is 31.5 Å². The summed E-state index contributed by atoms with van der Waals surface area (Å²) in [6.07, 6.45) is 3.87. The first kappa shape index (κ1) is 21.4. The highest BCUT2D eigenvalue weighted by molar-refractivity contribution is 7.98. The van der Waals surface area contributed by atoms with Crippen molar-refractivity contribution in [2.24, 2.45) is 0 Å². The van der Waals surface area contributed by atoms with Crippen LogP contribution in [0.4, 0.5) is 0 Å². The molecule has 2 heterocycles. The van der Waals surface area contributed by atoms with E-state index in [0.29, 0.717) is 12.1 Å². The second-order valence-electron chi connectivity index (χ2n) is 7.49. The molecule has 1 saturated heterocycles. The molecule has 1 atom stereocenters. The van der Waals surface area contributed by atoms with Gasteiger partial charge in [0.15, 0.2) is 5.16 Å². The lowest BCUT2D eigenvalue weighted by atomic mass is 10.0. The summed E-state index contributed by atoms with van der Waals surface area (Å²) in [7, 11) is 1.70. The van der Waals surface area contributed by atoms with Crippen LogP contribution in [0.3, 0.4) is 0 Å². The van der Waals surface area contributed by atoms with E-state index in [1.54, 1.807) is 18.9 Å². The Balaban J connectivity index is 1.39. The summed E-state index contributed by atoms with van der Waals surface area (Å²) in [6.45, 7) is 2.62. The van der Waals surface area contributed by atoms with Crippen molar-refractivity contribution < 1.29 is 9.53 Å². The molecule has 3 aromatic rings. The Morgan fingerprint density at radius 3 is 2.68 bits per heavy atom. The molecule has 0 spiro atoms. The number of amides is 1. The number of aromatic nitrogens is 3. The number of para-hydroxylation sites is 1. The average Bonchev–Trinajstić information content (AvgIpc) is 3.53. The SMILES string of the molecule is COc1ccccc1C(CNC(=O)c1ccc(CSc2ncn[nH]2)cc1)N1CCCC1. The van der Waals surface area contributed by atoms with Crippen LogP contribution in [-0.2, 0) is 5.75 Å². The number of aromatic amines is 1. The molecule has 0 aliphatic carbocycles. The summed E-state index contributed by atoms with van der Waals surface area (Å²) in [5.74, 6) is 1.57. The Bertz CT molecular complexity index is 972. The van der Waals surface area contributed by atoms with Crippen LogP contribution in [0.15, 0.2) is 60.0 Å². The molecule has 0 saturated carbocycles. The van der Waals surface area contributed by atoms with Crippen molar-refractivity contribution >= 4 is 17.7 Å². The summed E-state index contributed by atoms with van der Waals surface area (Å²) < 4.78 is 5.59. The average molecular weight is 438 g/mol. The molecule has 1 fully saturated rings. The number of ether oxygens (including phenoxy) is 1. The first-order valence-electron chi connectivity index (χ1n) is 10.5. The number of H-pyrrole nitrogens is 1. The van der Waals surface area contributed by atoms with Crippen molar-refractivity contribution in [1.82, 2.24) is 25.4 Å². The maximum absolute atomic E-state index is 12.8. The molecule has 2 aromatic carbocycles. The molecule has 2 N–H and O–H groups in total. The topological polar surface area (TPSA) is 83.1 Å². The smallest absolute Gasteiger partial charge is 0.251 e. The Kier molecular flexibility index (Phi) is 7.22. The first-order chi connectivity index (χ1) is 15.2. The second kappa shape index (κ2) is 10.5. The molecule has 31 heavy (non-hydrogen) atoms. The Labute approximate surface area is 186 Å². The van der Waals surface area contributed by atoms with Gasteiger partial charge >= 0.3 is 0 Å². The first-order valence-corrected chi connectivity index (χ1v) is 11.5. The normalized spacial score (nSPS) is 15.0. The third-order valence-electron chi connectivity index (χ3n) is 5.52. The van der Waals surface area contributed by atoms with Crippen LogP contribution in [0.1, 0.15) is 40.4 Å². The molecule has 1 aromatic heterocycles. The lowest BCUT2D eigenvalue weighted by Gasteiger charge is -2.29. The van der Waals surface area contributed by atoms with E-state index in [1.165, 1.54) is 19.2 Å². The van der Waals surface area contributed by atoms with Crippen LogP contribution in [-0.4, -0.2) is 52.7 Å². The van der Waals surface area contributed by atoms with E-state index in [-0.39, 0.29) is 11.9 Å². The van der Waals surface area contributed by atoms with Crippen molar-refractivity contribution in [2.45, 2.75) is 29.8 Å². The van der Waals surface area contributed by atoms with E-state index >= 15 is 0 Å². The monoisotopic (exact) mass is 437 g/mol. The predicted molar refractivity (Wildman–Crippen MR) is 121 cm³/mol. The number of methoxy groups -OCH3 is 1. The maximum Gasteiger partial charge on any atom is 0.251 e. The quantitative estimate of drug-likeness (QED) is 0.497. The van der Waals surface area contributed by atoms with Crippen LogP contribution >= 0.6 is 11.8 Å². The fourth-order valence-electron chi connectivity index (χ4n) is 3.89. The molecule has 1 aliphatic heterocycles. The zero-order valence-corrected chi connectivity index (χ0v) is 18.4. The van der Waals surface area contributed by atoms with Crippen molar-refractivity contribution in [3.8, 4) is 5.75 Å². The van der Waals surface area contributed by atoms with Crippen molar-refractivity contribution in [2.75, 3.05) is 26.7 Å². The fraction of sp³-hybridized carbons (Fsp3) is 0.348. The number of likely N-dealkylation sites (tertiary alicyclic amines) is 1. The number of carbonyl (C=O) groups excluding carboxylic acids is 1. The largest absolute Gasteiger partial charge is 0.496 e. The minimum atomic E-state index is -0.0615. The van der Waals surface area contributed by atoms with Gasteiger partial charge in [-0.15, -0.1) is 0 Å². The minimum Gasteiger partial charge on any atom is -0.496 e. The van der Waals surface area contributed by atoms with Gasteiger partial charge in [-0.2, -0.15) is 5.10 Å². The number of carbonyl (C=O) groups is 1. The van der Waals surface area contributed by atoms with Gasteiger partial charge < -0.3 is 10.1 Å². The van der Waals surface area contributed by atoms with E-state index in [0.717, 1.165) is 40.9 Å². The third kappa shape index (κ3) is 5.45. The zero-order valence-electron chi connectivity index (χ0n) is 17.6. The summed E-state index contributed by atoms with van der Waals surface area (Å²) in [5.41, 5.74) is 2.91. The Hall–Kier alpha value is -2.84. The predicted octanol–water partition coefficient (Wildman–Crippen LogP) is 3.67. The van der Waals surface area contributed by atoms with E-state index < -0.39 is 0 Å². The van der Waals surface area contributed by atoms with Gasteiger partial charge in [-0.3, -0.25) is 14.8 Å². The van der Waals surface area contributed by atoms with Gasteiger partial charge in [-0.1, -0.05) is 42.1 Å². The number of rotatable bonds is 9. The fourth-order valence-corrected chi connectivity index (χ4v) is 4.62. The van der Waals surface area contributed by atoms with Crippen LogP contribution in [0.2, 0.25) is 0 Å². The van der Waals surface area contributed by atoms with E-state index in [1.807, 2.05) is 42.5 Å². The van der Waals surface area contributed by atoms with Crippen molar-refractivity contribution in [1.29, 1.82) is 0 Å². The lowest BCUT2D eigenvalue weighted by Crippen LogP contribution is -2.37. The van der Waals surface area contributed by atoms with Crippen LogP contribution in [0.25, 0.3) is 0 Å². The van der Waals surface area contributed by atoms with Gasteiger partial charge in [0.05, 0.1) is 13.2 Å². The highest BCUT2D eigenvalue weighted by atomic mass is 32.2. The number of hydrogen-bond donors (Lipinski definition) is 2. The molecular formula is C23H27N5O2S. The van der Waals surface area contributed by atoms with Gasteiger partial charge in [0.2, 0.25) is 0 Å². The summed E-state index contributed by atoms with van der Waals surface area (Å²) >= 11 is 1.58. The number of hydrogen-bond acceptors (Lipinski definition) is 6. The van der Waals surface area contributed by atoms with Crippen LogP contribution in [0.5, 0.6) is 5.75 Å². The highest BCUT2D eigenvalue weighted by Gasteiger charge is 2.26. The minimum absolute atomic E-state index is 0.0615. The van der Waals surface area contributed by atoms with Gasteiger partial charge in [0.25, 0.3) is 5.91 Å². The Morgan fingerprint density at radius 1 is 1.19 bits per heavy atom. The number of thioether (sulfide) groups is 1. The van der Waals surface area contributed by atoms with Crippen LogP contribution in [0, 0.1) is 0 Å². The number of nitrogens with zero attached hydrogens (tertiary/aromatic N) is 3. The molecule has 0 radical (unpaired) electrons. The molecule has 7 nitrogen and oxygen atoms in total. The molecule has 1 aliphatic rings. The van der Waals surface area contributed by atoms with Crippen molar-refractivity contribution in [3.05, 3.63) is 71.5 Å². The third-order valence-corrected chi connectivity index (χ3v) is 6.47. The highest BCUT2D eigenvalue weighted by Crippen LogP contribution is 2.31. The van der Waals surface area contributed by atoms with Gasteiger partial charge in [-0.05, 0) is 49.7 Å². The molecule has 1 amide bonds. The summed E-state index contributed by atoms with van der Waals surface area (Å²) in [6, 6.07) is 15.9. The molecule has 8 heteroatoms. The van der Waals surface area contributed by atoms with E-state index in [4.69, 9.17) is 4.74 Å². The molecule has 162 valence electrons. The summed E-state index contributed by atoms with van der Waals surface area (Å²) in [4.78, 5) is 19.4. The standard InChI is InChI=1S/C23H27N5O2S/c1-30-21-7-3-2-6-19(21)20(28-12-4-5-13-28)14-24-22(29)18-10-8-17(9-11-18)15-31-23-25-16-26-27-23/h2-3,6-11,16,20H,4-5,12-15H2,1H3,(H,24,29)(H,25,26,27). The molecule has 0 bridgehead atoms. The second-order valence-corrected chi connectivity index (χ2v) is 8.45.